The topological polar surface area (TPSA) is 106 Å². The SMILES string of the molecule is CCOc1nc(NC)nc(N2CCCC(C(N)=O)C2)n1. The van der Waals surface area contributed by atoms with E-state index in [2.05, 4.69) is 20.3 Å². The van der Waals surface area contributed by atoms with Gasteiger partial charge < -0.3 is 20.7 Å². The molecular weight excluding hydrogens is 260 g/mol. The Bertz CT molecular complexity index is 481. The van der Waals surface area contributed by atoms with Crippen LogP contribution >= 0.6 is 0 Å². The van der Waals surface area contributed by atoms with Gasteiger partial charge >= 0.3 is 6.01 Å². The zero-order chi connectivity index (χ0) is 14.5. The molecule has 1 atom stereocenters. The van der Waals surface area contributed by atoms with Crippen molar-refractivity contribution in [3.8, 4) is 6.01 Å². The van der Waals surface area contributed by atoms with E-state index in [1.54, 1.807) is 7.05 Å². The number of primary amides is 1. The fraction of sp³-hybridized carbons (Fsp3) is 0.667. The number of amides is 1. The number of nitrogens with one attached hydrogen (secondary N) is 1. The van der Waals surface area contributed by atoms with E-state index in [0.29, 0.717) is 25.0 Å². The van der Waals surface area contributed by atoms with Gasteiger partial charge in [0.05, 0.1) is 12.5 Å². The first-order valence-corrected chi connectivity index (χ1v) is 6.75. The van der Waals surface area contributed by atoms with Crippen molar-refractivity contribution in [1.29, 1.82) is 0 Å². The van der Waals surface area contributed by atoms with E-state index in [1.807, 2.05) is 11.8 Å². The zero-order valence-electron chi connectivity index (χ0n) is 11.8. The third-order valence-electron chi connectivity index (χ3n) is 3.21. The fourth-order valence-electron chi connectivity index (χ4n) is 2.18. The van der Waals surface area contributed by atoms with Gasteiger partial charge in [0.1, 0.15) is 0 Å². The van der Waals surface area contributed by atoms with E-state index < -0.39 is 0 Å². The number of nitrogens with two attached hydrogens (primary N) is 1. The third-order valence-corrected chi connectivity index (χ3v) is 3.21. The number of hydrogen-bond donors (Lipinski definition) is 2. The summed E-state index contributed by atoms with van der Waals surface area (Å²) in [5, 5.41) is 2.88. The summed E-state index contributed by atoms with van der Waals surface area (Å²) in [6, 6.07) is 0.281. The molecule has 3 N–H and O–H groups in total. The van der Waals surface area contributed by atoms with Crippen molar-refractivity contribution >= 4 is 17.8 Å². The number of ether oxygens (including phenoxy) is 1. The molecular formula is C12H20N6O2. The summed E-state index contributed by atoms with van der Waals surface area (Å²) in [5.74, 6) is 0.523. The Balaban J connectivity index is 2.21. The minimum Gasteiger partial charge on any atom is -0.464 e. The Morgan fingerprint density at radius 3 is 2.95 bits per heavy atom. The molecule has 110 valence electrons. The van der Waals surface area contributed by atoms with Crippen LogP contribution in [0.2, 0.25) is 0 Å². The number of piperidine rings is 1. The van der Waals surface area contributed by atoms with Crippen molar-refractivity contribution in [2.45, 2.75) is 19.8 Å². The second-order valence-corrected chi connectivity index (χ2v) is 4.61. The van der Waals surface area contributed by atoms with Crippen LogP contribution in [0.15, 0.2) is 0 Å². The number of aromatic nitrogens is 3. The lowest BCUT2D eigenvalue weighted by Crippen LogP contribution is -2.42. The molecule has 2 rings (SSSR count). The zero-order valence-corrected chi connectivity index (χ0v) is 11.8. The highest BCUT2D eigenvalue weighted by atomic mass is 16.5. The molecule has 1 aromatic heterocycles. The molecule has 1 aliphatic rings. The summed E-state index contributed by atoms with van der Waals surface area (Å²) in [6.45, 7) is 3.68. The summed E-state index contributed by atoms with van der Waals surface area (Å²) >= 11 is 0. The van der Waals surface area contributed by atoms with Crippen molar-refractivity contribution in [2.75, 3.05) is 37.0 Å². The monoisotopic (exact) mass is 280 g/mol. The Morgan fingerprint density at radius 2 is 2.30 bits per heavy atom. The number of carbonyl (C=O) groups is 1. The number of hydrogen-bond acceptors (Lipinski definition) is 7. The highest BCUT2D eigenvalue weighted by Gasteiger charge is 2.26. The summed E-state index contributed by atoms with van der Waals surface area (Å²) in [6.07, 6.45) is 1.70. The smallest absolute Gasteiger partial charge is 0.323 e. The van der Waals surface area contributed by atoms with E-state index >= 15 is 0 Å². The molecule has 0 aliphatic carbocycles. The van der Waals surface area contributed by atoms with Crippen molar-refractivity contribution in [3.05, 3.63) is 0 Å². The molecule has 8 nitrogen and oxygen atoms in total. The summed E-state index contributed by atoms with van der Waals surface area (Å²) in [7, 11) is 1.73. The molecule has 1 aromatic rings. The average Bonchev–Trinajstić information content (AvgIpc) is 2.47. The van der Waals surface area contributed by atoms with Crippen molar-refractivity contribution < 1.29 is 9.53 Å². The predicted molar refractivity (Wildman–Crippen MR) is 74.7 cm³/mol. The third kappa shape index (κ3) is 3.25. The molecule has 0 saturated carbocycles. The van der Waals surface area contributed by atoms with Gasteiger partial charge in [0.2, 0.25) is 17.8 Å². The molecule has 0 radical (unpaired) electrons. The minimum atomic E-state index is -0.275. The Kier molecular flexibility index (Phi) is 4.54. The van der Waals surface area contributed by atoms with Crippen molar-refractivity contribution in [2.24, 2.45) is 11.7 Å². The molecule has 2 heterocycles. The predicted octanol–water partition coefficient (Wildman–Crippen LogP) is 0.0137. The average molecular weight is 280 g/mol. The van der Waals surface area contributed by atoms with Gasteiger partial charge in [0.15, 0.2) is 0 Å². The lowest BCUT2D eigenvalue weighted by molar-refractivity contribution is -0.122. The van der Waals surface area contributed by atoms with E-state index in [-0.39, 0.29) is 17.8 Å². The van der Waals surface area contributed by atoms with E-state index in [4.69, 9.17) is 10.5 Å². The number of anilines is 2. The van der Waals surface area contributed by atoms with Gasteiger partial charge in [-0.3, -0.25) is 4.79 Å². The van der Waals surface area contributed by atoms with Crippen LogP contribution in [-0.2, 0) is 4.79 Å². The number of rotatable bonds is 5. The highest BCUT2D eigenvalue weighted by Crippen LogP contribution is 2.22. The molecule has 20 heavy (non-hydrogen) atoms. The molecule has 0 bridgehead atoms. The Labute approximate surface area is 117 Å². The summed E-state index contributed by atoms with van der Waals surface area (Å²) in [5.41, 5.74) is 5.39. The summed E-state index contributed by atoms with van der Waals surface area (Å²) in [4.78, 5) is 26.0. The molecule has 1 aliphatic heterocycles. The van der Waals surface area contributed by atoms with Crippen LogP contribution in [0.3, 0.4) is 0 Å². The van der Waals surface area contributed by atoms with Crippen LogP contribution < -0.4 is 20.7 Å². The van der Waals surface area contributed by atoms with E-state index in [0.717, 1.165) is 19.4 Å². The van der Waals surface area contributed by atoms with Crippen LogP contribution in [0.5, 0.6) is 6.01 Å². The van der Waals surface area contributed by atoms with Gasteiger partial charge in [-0.2, -0.15) is 15.0 Å². The van der Waals surface area contributed by atoms with E-state index in [1.165, 1.54) is 0 Å². The van der Waals surface area contributed by atoms with Crippen LogP contribution in [0.1, 0.15) is 19.8 Å². The standard InChI is InChI=1S/C12H20N6O2/c1-3-20-12-16-10(14-2)15-11(17-12)18-6-4-5-8(7-18)9(13)19/h8H,3-7H2,1-2H3,(H2,13,19)(H,14,15,16,17). The minimum absolute atomic E-state index is 0.158. The van der Waals surface area contributed by atoms with Gasteiger partial charge in [-0.15, -0.1) is 0 Å². The molecule has 1 unspecified atom stereocenters. The lowest BCUT2D eigenvalue weighted by atomic mass is 9.98. The highest BCUT2D eigenvalue weighted by molar-refractivity contribution is 5.77. The second-order valence-electron chi connectivity index (χ2n) is 4.61. The molecule has 1 saturated heterocycles. The number of nitrogens with zero attached hydrogens (tertiary/aromatic N) is 4. The van der Waals surface area contributed by atoms with Gasteiger partial charge in [-0.25, -0.2) is 0 Å². The normalized spacial score (nSPS) is 18.7. The first-order chi connectivity index (χ1) is 9.63. The first kappa shape index (κ1) is 14.3. The van der Waals surface area contributed by atoms with E-state index in [9.17, 15) is 4.79 Å². The van der Waals surface area contributed by atoms with Gasteiger partial charge in [0.25, 0.3) is 0 Å². The van der Waals surface area contributed by atoms with Crippen LogP contribution in [0, 0.1) is 5.92 Å². The second kappa shape index (κ2) is 6.36. The molecule has 1 fully saturated rings. The van der Waals surface area contributed by atoms with Gasteiger partial charge in [-0.1, -0.05) is 0 Å². The van der Waals surface area contributed by atoms with Crippen LogP contribution in [-0.4, -0.2) is 47.6 Å². The Hall–Kier alpha value is -2.12. The maximum atomic E-state index is 11.3. The summed E-state index contributed by atoms with van der Waals surface area (Å²) < 4.78 is 5.33. The molecule has 8 heteroatoms. The largest absolute Gasteiger partial charge is 0.464 e. The Morgan fingerprint density at radius 1 is 1.50 bits per heavy atom. The first-order valence-electron chi connectivity index (χ1n) is 6.75. The fourth-order valence-corrected chi connectivity index (χ4v) is 2.18. The van der Waals surface area contributed by atoms with Crippen molar-refractivity contribution in [3.63, 3.8) is 0 Å². The van der Waals surface area contributed by atoms with Crippen LogP contribution in [0.25, 0.3) is 0 Å². The molecule has 0 spiro atoms. The van der Waals surface area contributed by atoms with Crippen LogP contribution in [0.4, 0.5) is 11.9 Å². The lowest BCUT2D eigenvalue weighted by Gasteiger charge is -2.31. The maximum Gasteiger partial charge on any atom is 0.323 e. The number of carbonyl (C=O) groups excluding carboxylic acids is 1. The van der Waals surface area contributed by atoms with Gasteiger partial charge in [0, 0.05) is 20.1 Å². The quantitative estimate of drug-likeness (QED) is 0.782. The molecule has 0 aromatic carbocycles. The van der Waals surface area contributed by atoms with Crippen molar-refractivity contribution in [1.82, 2.24) is 15.0 Å². The maximum absolute atomic E-state index is 11.3. The molecule has 1 amide bonds. The van der Waals surface area contributed by atoms with Gasteiger partial charge in [-0.05, 0) is 19.8 Å².